The number of nitrogens with one attached hydrogen (secondary N) is 2. The Morgan fingerprint density at radius 2 is 2.10 bits per heavy atom. The third kappa shape index (κ3) is 4.81. The number of aryl methyl sites for hydroxylation is 1. The third-order valence-electron chi connectivity index (χ3n) is 2.82. The first-order valence-corrected chi connectivity index (χ1v) is 6.65. The van der Waals surface area contributed by atoms with Crippen molar-refractivity contribution in [1.29, 1.82) is 0 Å². The molecule has 0 unspecified atom stereocenters. The van der Waals surface area contributed by atoms with Crippen LogP contribution in [-0.2, 0) is 17.9 Å². The summed E-state index contributed by atoms with van der Waals surface area (Å²) in [5, 5.41) is 13.8. The standard InChI is InChI=1S/C14H19N5O/c1-12(20)17-14-5-3-13(4-6-14)11-15-7-2-9-19-10-8-16-18-19/h3-6,8,10,15H,2,7,9,11H2,1H3,(H,17,20). The average molecular weight is 273 g/mol. The molecule has 1 amide bonds. The molecule has 0 radical (unpaired) electrons. The lowest BCUT2D eigenvalue weighted by atomic mass is 10.2. The zero-order chi connectivity index (χ0) is 14.2. The van der Waals surface area contributed by atoms with E-state index in [0.717, 1.165) is 31.7 Å². The number of hydrogen-bond donors (Lipinski definition) is 2. The van der Waals surface area contributed by atoms with E-state index in [2.05, 4.69) is 20.9 Å². The lowest BCUT2D eigenvalue weighted by Gasteiger charge is -2.06. The second kappa shape index (κ2) is 7.40. The van der Waals surface area contributed by atoms with Gasteiger partial charge in [-0.3, -0.25) is 9.48 Å². The van der Waals surface area contributed by atoms with Crippen molar-refractivity contribution in [2.45, 2.75) is 26.4 Å². The van der Waals surface area contributed by atoms with Gasteiger partial charge >= 0.3 is 0 Å². The zero-order valence-corrected chi connectivity index (χ0v) is 11.5. The van der Waals surface area contributed by atoms with Gasteiger partial charge in [-0.25, -0.2) is 0 Å². The minimum Gasteiger partial charge on any atom is -0.326 e. The number of aromatic nitrogens is 3. The fourth-order valence-electron chi connectivity index (χ4n) is 1.86. The van der Waals surface area contributed by atoms with Crippen molar-refractivity contribution in [1.82, 2.24) is 20.3 Å². The SMILES string of the molecule is CC(=O)Nc1ccc(CNCCCn2ccnn2)cc1. The van der Waals surface area contributed by atoms with Crippen LogP contribution < -0.4 is 10.6 Å². The summed E-state index contributed by atoms with van der Waals surface area (Å²) in [5.41, 5.74) is 2.02. The summed E-state index contributed by atoms with van der Waals surface area (Å²) in [7, 11) is 0. The number of anilines is 1. The highest BCUT2D eigenvalue weighted by atomic mass is 16.1. The van der Waals surface area contributed by atoms with Gasteiger partial charge in [0.2, 0.25) is 5.91 Å². The molecule has 0 aliphatic rings. The fraction of sp³-hybridized carbons (Fsp3) is 0.357. The predicted molar refractivity (Wildman–Crippen MR) is 77.1 cm³/mol. The van der Waals surface area contributed by atoms with Gasteiger partial charge in [-0.05, 0) is 30.7 Å². The molecule has 2 aromatic rings. The Hall–Kier alpha value is -2.21. The molecule has 1 aromatic heterocycles. The van der Waals surface area contributed by atoms with Gasteiger partial charge in [0.05, 0.1) is 6.20 Å². The van der Waals surface area contributed by atoms with E-state index < -0.39 is 0 Å². The van der Waals surface area contributed by atoms with Crippen LogP contribution in [0.1, 0.15) is 18.9 Å². The molecule has 6 heteroatoms. The number of rotatable bonds is 7. The molecule has 0 fully saturated rings. The van der Waals surface area contributed by atoms with Crippen LogP contribution in [0.3, 0.4) is 0 Å². The van der Waals surface area contributed by atoms with Gasteiger partial charge in [0.1, 0.15) is 0 Å². The first-order valence-electron chi connectivity index (χ1n) is 6.65. The Kier molecular flexibility index (Phi) is 5.25. The maximum Gasteiger partial charge on any atom is 0.221 e. The van der Waals surface area contributed by atoms with Crippen LogP contribution in [-0.4, -0.2) is 27.4 Å². The Morgan fingerprint density at radius 3 is 2.75 bits per heavy atom. The normalized spacial score (nSPS) is 10.4. The Balaban J connectivity index is 1.65. The lowest BCUT2D eigenvalue weighted by Crippen LogP contribution is -2.16. The van der Waals surface area contributed by atoms with Crippen molar-refractivity contribution in [3.05, 3.63) is 42.2 Å². The minimum absolute atomic E-state index is 0.0519. The fourth-order valence-corrected chi connectivity index (χ4v) is 1.86. The first-order chi connectivity index (χ1) is 9.74. The van der Waals surface area contributed by atoms with Gasteiger partial charge in [-0.15, -0.1) is 5.10 Å². The number of carbonyl (C=O) groups excluding carboxylic acids is 1. The Labute approximate surface area is 118 Å². The van der Waals surface area contributed by atoms with E-state index in [9.17, 15) is 4.79 Å². The van der Waals surface area contributed by atoms with Crippen molar-refractivity contribution in [2.75, 3.05) is 11.9 Å². The van der Waals surface area contributed by atoms with E-state index in [1.807, 2.05) is 35.1 Å². The van der Waals surface area contributed by atoms with Gasteiger partial charge < -0.3 is 10.6 Å². The van der Waals surface area contributed by atoms with Crippen LogP contribution >= 0.6 is 0 Å². The van der Waals surface area contributed by atoms with Crippen LogP contribution in [0.15, 0.2) is 36.7 Å². The largest absolute Gasteiger partial charge is 0.326 e. The van der Waals surface area contributed by atoms with E-state index >= 15 is 0 Å². The summed E-state index contributed by atoms with van der Waals surface area (Å²) in [4.78, 5) is 10.9. The quantitative estimate of drug-likeness (QED) is 0.748. The summed E-state index contributed by atoms with van der Waals surface area (Å²) in [6.07, 6.45) is 4.55. The molecule has 0 saturated heterocycles. The highest BCUT2D eigenvalue weighted by Gasteiger charge is 1.97. The van der Waals surface area contributed by atoms with Crippen molar-refractivity contribution < 1.29 is 4.79 Å². The monoisotopic (exact) mass is 273 g/mol. The molecule has 0 aliphatic carbocycles. The molecule has 2 N–H and O–H groups in total. The maximum absolute atomic E-state index is 10.9. The van der Waals surface area contributed by atoms with Gasteiger partial charge in [-0.1, -0.05) is 17.3 Å². The molecule has 0 atom stereocenters. The molecule has 20 heavy (non-hydrogen) atoms. The molecular weight excluding hydrogens is 254 g/mol. The van der Waals surface area contributed by atoms with E-state index in [-0.39, 0.29) is 5.91 Å². The molecule has 0 saturated carbocycles. The second-order valence-corrected chi connectivity index (χ2v) is 4.57. The Bertz CT molecular complexity index is 521. The van der Waals surface area contributed by atoms with E-state index in [1.54, 1.807) is 6.20 Å². The van der Waals surface area contributed by atoms with Crippen molar-refractivity contribution in [2.24, 2.45) is 0 Å². The topological polar surface area (TPSA) is 71.8 Å². The van der Waals surface area contributed by atoms with E-state index in [0.29, 0.717) is 0 Å². The lowest BCUT2D eigenvalue weighted by molar-refractivity contribution is -0.114. The summed E-state index contributed by atoms with van der Waals surface area (Å²) in [5.74, 6) is -0.0519. The molecular formula is C14H19N5O. The summed E-state index contributed by atoms with van der Waals surface area (Å²) in [6.45, 7) is 4.12. The second-order valence-electron chi connectivity index (χ2n) is 4.57. The number of benzene rings is 1. The highest BCUT2D eigenvalue weighted by Crippen LogP contribution is 2.09. The first kappa shape index (κ1) is 14.2. The average Bonchev–Trinajstić information content (AvgIpc) is 2.93. The summed E-state index contributed by atoms with van der Waals surface area (Å²) in [6, 6.07) is 7.84. The van der Waals surface area contributed by atoms with Crippen LogP contribution in [0.5, 0.6) is 0 Å². The highest BCUT2D eigenvalue weighted by molar-refractivity contribution is 5.88. The summed E-state index contributed by atoms with van der Waals surface area (Å²) >= 11 is 0. The molecule has 1 heterocycles. The maximum atomic E-state index is 10.9. The predicted octanol–water partition coefficient (Wildman–Crippen LogP) is 1.42. The number of nitrogens with zero attached hydrogens (tertiary/aromatic N) is 3. The van der Waals surface area contributed by atoms with Crippen molar-refractivity contribution in [3.8, 4) is 0 Å². The van der Waals surface area contributed by atoms with Crippen LogP contribution in [0.25, 0.3) is 0 Å². The minimum atomic E-state index is -0.0519. The molecule has 0 spiro atoms. The summed E-state index contributed by atoms with van der Waals surface area (Å²) < 4.78 is 1.82. The molecule has 6 nitrogen and oxygen atoms in total. The van der Waals surface area contributed by atoms with Crippen LogP contribution in [0.2, 0.25) is 0 Å². The molecule has 0 bridgehead atoms. The molecule has 0 aliphatic heterocycles. The van der Waals surface area contributed by atoms with Crippen molar-refractivity contribution in [3.63, 3.8) is 0 Å². The molecule has 106 valence electrons. The third-order valence-corrected chi connectivity index (χ3v) is 2.82. The smallest absolute Gasteiger partial charge is 0.221 e. The van der Waals surface area contributed by atoms with Gasteiger partial charge in [0, 0.05) is 31.9 Å². The Morgan fingerprint density at radius 1 is 1.30 bits per heavy atom. The van der Waals surface area contributed by atoms with E-state index in [4.69, 9.17) is 0 Å². The van der Waals surface area contributed by atoms with Crippen molar-refractivity contribution >= 4 is 11.6 Å². The van der Waals surface area contributed by atoms with E-state index in [1.165, 1.54) is 12.5 Å². The number of hydrogen-bond acceptors (Lipinski definition) is 4. The zero-order valence-electron chi connectivity index (χ0n) is 11.5. The molecule has 2 rings (SSSR count). The van der Waals surface area contributed by atoms with Crippen LogP contribution in [0.4, 0.5) is 5.69 Å². The van der Waals surface area contributed by atoms with Gasteiger partial charge in [0.15, 0.2) is 0 Å². The van der Waals surface area contributed by atoms with Crippen LogP contribution in [0, 0.1) is 0 Å². The molecule has 1 aromatic carbocycles. The number of amides is 1. The number of carbonyl (C=O) groups is 1. The van der Waals surface area contributed by atoms with Gasteiger partial charge in [-0.2, -0.15) is 0 Å². The van der Waals surface area contributed by atoms with Gasteiger partial charge in [0.25, 0.3) is 0 Å².